The Morgan fingerprint density at radius 3 is 2.53 bits per heavy atom. The lowest BCUT2D eigenvalue weighted by molar-refractivity contribution is 0.0695. The highest BCUT2D eigenvalue weighted by Gasteiger charge is 2.31. The molecule has 10 heteroatoms. The molecule has 0 amide bonds. The summed E-state index contributed by atoms with van der Waals surface area (Å²) in [6.45, 7) is 2.19. The summed E-state index contributed by atoms with van der Waals surface area (Å²) in [6.07, 6.45) is 1.10. The number of fused-ring (bicyclic) bond motifs is 1. The summed E-state index contributed by atoms with van der Waals surface area (Å²) >= 11 is 0. The number of nitrogens with two attached hydrogens (primary N) is 1. The second-order valence-electron chi connectivity index (χ2n) is 7.83. The highest BCUT2D eigenvalue weighted by molar-refractivity contribution is 5.96. The molecule has 2 aromatic carbocycles. The van der Waals surface area contributed by atoms with Crippen molar-refractivity contribution in [2.75, 3.05) is 30.8 Å². The Bertz CT molecular complexity index is 1320. The Morgan fingerprint density at radius 2 is 1.94 bits per heavy atom. The van der Waals surface area contributed by atoms with Crippen LogP contribution in [0.2, 0.25) is 0 Å². The fraction of sp³-hybridized carbons (Fsp3) is 0.273. The lowest BCUT2D eigenvalue weighted by Crippen LogP contribution is -2.57. The minimum atomic E-state index is -1.49. The third kappa shape index (κ3) is 3.28. The van der Waals surface area contributed by atoms with E-state index in [9.17, 15) is 24.2 Å². The van der Waals surface area contributed by atoms with Crippen molar-refractivity contribution < 1.29 is 23.8 Å². The van der Waals surface area contributed by atoms with Crippen LogP contribution in [0.15, 0.2) is 29.2 Å². The van der Waals surface area contributed by atoms with Crippen LogP contribution < -0.4 is 21.4 Å². The predicted octanol–water partition coefficient (Wildman–Crippen LogP) is 1.76. The number of carboxylic acids is 1. The topological polar surface area (TPSA) is 121 Å². The Hall–Kier alpha value is -3.50. The molecule has 0 bridgehead atoms. The number of rotatable bonds is 5. The number of aromatic carboxylic acids is 1. The molecule has 0 unspecified atom stereocenters. The van der Waals surface area contributed by atoms with E-state index in [1.165, 1.54) is 10.6 Å². The number of nitrogens with zero attached hydrogens (tertiary/aromatic N) is 2. The fourth-order valence-corrected chi connectivity index (χ4v) is 4.18. The number of likely N-dealkylation sites (N-methyl/N-ethyl adjacent to an activating group) is 1. The van der Waals surface area contributed by atoms with Crippen molar-refractivity contribution >= 4 is 28.2 Å². The van der Waals surface area contributed by atoms with Crippen molar-refractivity contribution in [2.45, 2.75) is 19.6 Å². The predicted molar refractivity (Wildman–Crippen MR) is 117 cm³/mol. The lowest BCUT2D eigenvalue weighted by atomic mass is 10.00. The third-order valence-corrected chi connectivity index (χ3v) is 5.92. The van der Waals surface area contributed by atoms with Gasteiger partial charge in [0, 0.05) is 36.5 Å². The maximum atomic E-state index is 15.1. The van der Waals surface area contributed by atoms with Crippen LogP contribution in [0.1, 0.15) is 21.5 Å². The number of aliphatic hydroxyl groups excluding tert-OH is 1. The van der Waals surface area contributed by atoms with Crippen molar-refractivity contribution in [3.05, 3.63) is 62.9 Å². The number of nitrogens with one attached hydrogen (secondary N) is 1. The van der Waals surface area contributed by atoms with E-state index in [2.05, 4.69) is 5.32 Å². The molecule has 0 saturated carbocycles. The van der Waals surface area contributed by atoms with Crippen LogP contribution in [0, 0.1) is 18.6 Å². The van der Waals surface area contributed by atoms with E-state index >= 15 is 4.39 Å². The molecule has 0 aliphatic carbocycles. The molecule has 0 atom stereocenters. The fourth-order valence-electron chi connectivity index (χ4n) is 4.18. The summed E-state index contributed by atoms with van der Waals surface area (Å²) in [5.41, 5.74) is 5.36. The van der Waals surface area contributed by atoms with Gasteiger partial charge in [0.1, 0.15) is 17.2 Å². The van der Waals surface area contributed by atoms with E-state index in [-0.39, 0.29) is 33.9 Å². The van der Waals surface area contributed by atoms with E-state index in [0.717, 1.165) is 18.3 Å². The first-order valence-corrected chi connectivity index (χ1v) is 9.91. The second kappa shape index (κ2) is 7.88. The molecule has 168 valence electrons. The standard InChI is InChI=1S/C22H22F2N4O4/c1-10-19-13(4-16(24)20(10)27-6-12(7-27)26-2)21(30)14(22(31)32)8-28(19)18-5-17(25)15(23)3-11(18)9-29/h3-5,8,12,26,29H,6-7,9,25H2,1-2H3,(H,31,32). The summed E-state index contributed by atoms with van der Waals surface area (Å²) in [6, 6.07) is 3.52. The molecule has 5 N–H and O–H groups in total. The van der Waals surface area contributed by atoms with Crippen molar-refractivity contribution in [1.82, 2.24) is 9.88 Å². The van der Waals surface area contributed by atoms with Gasteiger partial charge in [-0.05, 0) is 32.2 Å². The lowest BCUT2D eigenvalue weighted by Gasteiger charge is -2.42. The van der Waals surface area contributed by atoms with E-state index in [0.29, 0.717) is 24.3 Å². The van der Waals surface area contributed by atoms with E-state index in [4.69, 9.17) is 5.73 Å². The Kier molecular flexibility index (Phi) is 5.35. The van der Waals surface area contributed by atoms with E-state index in [1.807, 2.05) is 11.9 Å². The molecule has 4 rings (SSSR count). The van der Waals surface area contributed by atoms with E-state index < -0.39 is 35.2 Å². The quantitative estimate of drug-likeness (QED) is 0.443. The zero-order chi connectivity index (χ0) is 23.3. The first kappa shape index (κ1) is 21.7. The van der Waals surface area contributed by atoms with Gasteiger partial charge in [-0.1, -0.05) is 0 Å². The first-order chi connectivity index (χ1) is 15.2. The van der Waals surface area contributed by atoms with Crippen LogP contribution >= 0.6 is 0 Å². The SMILES string of the molecule is CNC1CN(c2c(F)cc3c(=O)c(C(=O)O)cn(-c4cc(N)c(F)cc4CO)c3c2C)C1. The maximum absolute atomic E-state index is 15.1. The number of pyridine rings is 1. The van der Waals surface area contributed by atoms with Gasteiger partial charge in [0.25, 0.3) is 0 Å². The van der Waals surface area contributed by atoms with Gasteiger partial charge in [-0.2, -0.15) is 0 Å². The summed E-state index contributed by atoms with van der Waals surface area (Å²) < 4.78 is 30.5. The molecule has 3 aromatic rings. The average molecular weight is 444 g/mol. The van der Waals surface area contributed by atoms with E-state index in [1.54, 1.807) is 6.92 Å². The van der Waals surface area contributed by atoms with Crippen LogP contribution in [-0.4, -0.2) is 46.9 Å². The van der Waals surface area contributed by atoms with Gasteiger partial charge in [-0.3, -0.25) is 4.79 Å². The molecule has 8 nitrogen and oxygen atoms in total. The van der Waals surface area contributed by atoms with Crippen LogP contribution in [-0.2, 0) is 6.61 Å². The number of aryl methyl sites for hydroxylation is 1. The average Bonchev–Trinajstić information content (AvgIpc) is 2.71. The number of aromatic nitrogens is 1. The summed E-state index contributed by atoms with van der Waals surface area (Å²) in [5.74, 6) is -2.88. The number of aliphatic hydroxyl groups is 1. The molecule has 1 aliphatic rings. The summed E-state index contributed by atoms with van der Waals surface area (Å²) in [5, 5.41) is 22.3. The third-order valence-electron chi connectivity index (χ3n) is 5.92. The zero-order valence-electron chi connectivity index (χ0n) is 17.4. The number of carbonyl (C=O) groups is 1. The van der Waals surface area contributed by atoms with Crippen molar-refractivity contribution in [2.24, 2.45) is 0 Å². The number of hydrogen-bond donors (Lipinski definition) is 4. The first-order valence-electron chi connectivity index (χ1n) is 9.91. The minimum absolute atomic E-state index is 0.127. The normalized spacial score (nSPS) is 14.1. The van der Waals surface area contributed by atoms with Crippen LogP contribution in [0.4, 0.5) is 20.2 Å². The molecule has 0 spiro atoms. The number of anilines is 2. The monoisotopic (exact) mass is 444 g/mol. The number of benzene rings is 2. The van der Waals surface area contributed by atoms with Gasteiger partial charge in [0.15, 0.2) is 0 Å². The smallest absolute Gasteiger partial charge is 0.341 e. The molecular weight excluding hydrogens is 422 g/mol. The van der Waals surface area contributed by atoms with Crippen molar-refractivity contribution in [3.8, 4) is 5.69 Å². The van der Waals surface area contributed by atoms with Gasteiger partial charge in [0.05, 0.1) is 34.6 Å². The van der Waals surface area contributed by atoms with Gasteiger partial charge in [-0.25, -0.2) is 13.6 Å². The number of halogens is 2. The number of hydrogen-bond acceptors (Lipinski definition) is 6. The molecule has 32 heavy (non-hydrogen) atoms. The second-order valence-corrected chi connectivity index (χ2v) is 7.83. The van der Waals surface area contributed by atoms with Gasteiger partial charge in [-0.15, -0.1) is 0 Å². The largest absolute Gasteiger partial charge is 0.477 e. The molecule has 0 radical (unpaired) electrons. The molecule has 1 saturated heterocycles. The Labute approximate surface area is 181 Å². The number of nitrogen functional groups attached to an aromatic ring is 1. The molecule has 1 aromatic heterocycles. The highest BCUT2D eigenvalue weighted by atomic mass is 19.1. The van der Waals surface area contributed by atoms with Gasteiger partial charge >= 0.3 is 5.97 Å². The van der Waals surface area contributed by atoms with Crippen LogP contribution in [0.25, 0.3) is 16.6 Å². The Morgan fingerprint density at radius 1 is 1.25 bits per heavy atom. The highest BCUT2D eigenvalue weighted by Crippen LogP contribution is 2.35. The van der Waals surface area contributed by atoms with Crippen molar-refractivity contribution in [1.29, 1.82) is 0 Å². The van der Waals surface area contributed by atoms with Gasteiger partial charge < -0.3 is 30.7 Å². The van der Waals surface area contributed by atoms with Crippen molar-refractivity contribution in [3.63, 3.8) is 0 Å². The maximum Gasteiger partial charge on any atom is 0.341 e. The van der Waals surface area contributed by atoms with Crippen LogP contribution in [0.5, 0.6) is 0 Å². The van der Waals surface area contributed by atoms with Crippen LogP contribution in [0.3, 0.4) is 0 Å². The van der Waals surface area contributed by atoms with Gasteiger partial charge in [0.2, 0.25) is 5.43 Å². The number of carboxylic acid groups (broad SMARTS) is 1. The molecular formula is C22H22F2N4O4. The molecule has 1 aliphatic heterocycles. The zero-order valence-corrected chi connectivity index (χ0v) is 17.4. The summed E-state index contributed by atoms with van der Waals surface area (Å²) in [7, 11) is 1.81. The Balaban J connectivity index is 2.10. The summed E-state index contributed by atoms with van der Waals surface area (Å²) in [4.78, 5) is 26.4. The minimum Gasteiger partial charge on any atom is -0.477 e. The molecule has 1 fully saturated rings. The molecule has 2 heterocycles.